The second-order valence-electron chi connectivity index (χ2n) is 7.28. The molecule has 0 saturated heterocycles. The number of methoxy groups -OCH3 is 1. The van der Waals surface area contributed by atoms with E-state index < -0.39 is 29.1 Å². The molecule has 1 aliphatic heterocycles. The number of amides is 2. The van der Waals surface area contributed by atoms with Crippen molar-refractivity contribution in [2.45, 2.75) is 19.3 Å². The van der Waals surface area contributed by atoms with Crippen molar-refractivity contribution in [2.24, 2.45) is 0 Å². The van der Waals surface area contributed by atoms with E-state index >= 15 is 0 Å². The van der Waals surface area contributed by atoms with E-state index in [4.69, 9.17) is 4.74 Å². The first kappa shape index (κ1) is 21.0. The molecule has 3 aromatic rings. The van der Waals surface area contributed by atoms with Crippen LogP contribution in [0.2, 0.25) is 0 Å². The topological polar surface area (TPSA) is 125 Å². The lowest BCUT2D eigenvalue weighted by molar-refractivity contribution is -0.123. The van der Waals surface area contributed by atoms with E-state index in [1.54, 1.807) is 37.3 Å². The highest BCUT2D eigenvalue weighted by Crippen LogP contribution is 2.31. The van der Waals surface area contributed by atoms with Crippen LogP contribution in [-0.2, 0) is 9.59 Å². The Hall–Kier alpha value is -4.21. The van der Waals surface area contributed by atoms with Gasteiger partial charge in [0.2, 0.25) is 17.8 Å². The molecule has 0 bridgehead atoms. The number of carbonyl (C=O) groups is 2. The van der Waals surface area contributed by atoms with Crippen LogP contribution < -0.4 is 26.2 Å². The van der Waals surface area contributed by atoms with Gasteiger partial charge in [-0.1, -0.05) is 18.2 Å². The molecule has 0 spiro atoms. The number of H-pyrrole nitrogens is 1. The molecule has 1 aromatic heterocycles. The van der Waals surface area contributed by atoms with E-state index in [0.717, 1.165) is 0 Å². The van der Waals surface area contributed by atoms with Crippen molar-refractivity contribution in [3.8, 4) is 5.75 Å². The number of halogens is 1. The summed E-state index contributed by atoms with van der Waals surface area (Å²) in [5.41, 5.74) is 0.604. The van der Waals surface area contributed by atoms with Gasteiger partial charge >= 0.3 is 0 Å². The van der Waals surface area contributed by atoms with Gasteiger partial charge in [-0.15, -0.1) is 0 Å². The number of benzene rings is 2. The monoisotopic (exact) mass is 437 g/mol. The molecule has 0 radical (unpaired) electrons. The summed E-state index contributed by atoms with van der Waals surface area (Å²) in [6.45, 7) is 1.72. The number of para-hydroxylation sites is 2. The van der Waals surface area contributed by atoms with Crippen molar-refractivity contribution in [1.29, 1.82) is 0 Å². The average Bonchev–Trinajstić information content (AvgIpc) is 2.75. The molecule has 2 amide bonds. The maximum Gasteiger partial charge on any atom is 0.258 e. The van der Waals surface area contributed by atoms with Gasteiger partial charge < -0.3 is 20.7 Å². The van der Waals surface area contributed by atoms with Crippen molar-refractivity contribution < 1.29 is 18.7 Å². The summed E-state index contributed by atoms with van der Waals surface area (Å²) in [5, 5.41) is 7.92. The molecule has 32 heavy (non-hydrogen) atoms. The molecule has 4 N–H and O–H groups in total. The fourth-order valence-electron chi connectivity index (χ4n) is 3.47. The number of hydrogen-bond acceptors (Lipinski definition) is 6. The molecule has 4 rings (SSSR count). The molecule has 164 valence electrons. The molecule has 1 aliphatic rings. The summed E-state index contributed by atoms with van der Waals surface area (Å²) in [7, 11) is 1.50. The summed E-state index contributed by atoms with van der Waals surface area (Å²) in [5.74, 6) is -2.35. The van der Waals surface area contributed by atoms with Crippen LogP contribution in [0.25, 0.3) is 0 Å². The Kier molecular flexibility index (Phi) is 5.59. The van der Waals surface area contributed by atoms with Gasteiger partial charge in [-0.25, -0.2) is 4.39 Å². The Balaban J connectivity index is 1.65. The molecule has 9 nitrogen and oxygen atoms in total. The smallest absolute Gasteiger partial charge is 0.258 e. The number of fused-ring (bicyclic) bond motifs is 1. The summed E-state index contributed by atoms with van der Waals surface area (Å²) in [4.78, 5) is 44.8. The molecule has 2 aromatic carbocycles. The number of aromatic nitrogens is 2. The van der Waals surface area contributed by atoms with Crippen LogP contribution in [0, 0.1) is 12.7 Å². The minimum absolute atomic E-state index is 0.000182. The van der Waals surface area contributed by atoms with E-state index in [0.29, 0.717) is 17.0 Å². The maximum absolute atomic E-state index is 14.2. The maximum atomic E-state index is 14.2. The Bertz CT molecular complexity index is 1270. The molecular formula is C22H20FN5O4. The Morgan fingerprint density at radius 1 is 1.19 bits per heavy atom. The molecule has 1 atom stereocenters. The quantitative estimate of drug-likeness (QED) is 0.486. The second-order valence-corrected chi connectivity index (χ2v) is 7.28. The van der Waals surface area contributed by atoms with Crippen molar-refractivity contribution in [1.82, 2.24) is 9.97 Å². The van der Waals surface area contributed by atoms with Gasteiger partial charge in [-0.3, -0.25) is 19.4 Å². The number of ether oxygens (including phenoxy) is 1. The highest BCUT2D eigenvalue weighted by atomic mass is 19.1. The second kappa shape index (κ2) is 8.50. The summed E-state index contributed by atoms with van der Waals surface area (Å²) < 4.78 is 19.4. The highest BCUT2D eigenvalue weighted by molar-refractivity contribution is 6.04. The molecular weight excluding hydrogens is 417 g/mol. The first-order valence-electron chi connectivity index (χ1n) is 9.77. The third-order valence-electron chi connectivity index (χ3n) is 5.01. The number of carbonyl (C=O) groups excluding carboxylic acids is 2. The van der Waals surface area contributed by atoms with Crippen LogP contribution in [0.3, 0.4) is 0 Å². The summed E-state index contributed by atoms with van der Waals surface area (Å²) >= 11 is 0. The minimum Gasteiger partial charge on any atom is -0.495 e. The average molecular weight is 437 g/mol. The lowest BCUT2D eigenvalue weighted by Gasteiger charge is -2.24. The van der Waals surface area contributed by atoms with E-state index in [1.165, 1.54) is 19.2 Å². The fraction of sp³-hybridized carbons (Fsp3) is 0.182. The Labute approximate surface area is 182 Å². The van der Waals surface area contributed by atoms with Crippen molar-refractivity contribution in [2.75, 3.05) is 23.1 Å². The third-order valence-corrected chi connectivity index (χ3v) is 5.01. The summed E-state index contributed by atoms with van der Waals surface area (Å²) in [6, 6.07) is 11.4. The minimum atomic E-state index is -1.13. The lowest BCUT2D eigenvalue weighted by Crippen LogP contribution is -2.36. The summed E-state index contributed by atoms with van der Waals surface area (Å²) in [6.07, 6.45) is -0.268. The zero-order valence-corrected chi connectivity index (χ0v) is 17.3. The molecule has 0 fully saturated rings. The van der Waals surface area contributed by atoms with Gasteiger partial charge in [0.25, 0.3) is 5.56 Å². The van der Waals surface area contributed by atoms with E-state index in [2.05, 4.69) is 25.9 Å². The number of nitrogens with zero attached hydrogens (tertiary/aromatic N) is 1. The van der Waals surface area contributed by atoms with E-state index in [-0.39, 0.29) is 29.4 Å². The normalized spacial score (nSPS) is 14.8. The van der Waals surface area contributed by atoms with Gasteiger partial charge in [-0.05, 0) is 36.8 Å². The number of nitrogens with one attached hydrogen (secondary N) is 4. The number of hydrogen-bond donors (Lipinski definition) is 4. The van der Waals surface area contributed by atoms with Crippen LogP contribution in [0.5, 0.6) is 5.75 Å². The third kappa shape index (κ3) is 4.15. The van der Waals surface area contributed by atoms with Crippen LogP contribution >= 0.6 is 0 Å². The van der Waals surface area contributed by atoms with Crippen LogP contribution in [0.15, 0.2) is 47.3 Å². The molecule has 0 saturated carbocycles. The first-order valence-corrected chi connectivity index (χ1v) is 9.77. The van der Waals surface area contributed by atoms with Crippen LogP contribution in [0.1, 0.15) is 23.5 Å². The first-order chi connectivity index (χ1) is 15.4. The van der Waals surface area contributed by atoms with E-state index in [9.17, 15) is 18.8 Å². The largest absolute Gasteiger partial charge is 0.495 e. The van der Waals surface area contributed by atoms with Crippen LogP contribution in [0.4, 0.5) is 27.5 Å². The zero-order valence-electron chi connectivity index (χ0n) is 17.3. The van der Waals surface area contributed by atoms with E-state index in [1.807, 2.05) is 0 Å². The van der Waals surface area contributed by atoms with Gasteiger partial charge in [0.15, 0.2) is 0 Å². The van der Waals surface area contributed by atoms with Crippen LogP contribution in [-0.4, -0.2) is 28.9 Å². The highest BCUT2D eigenvalue weighted by Gasteiger charge is 2.35. The molecule has 2 heterocycles. The molecule has 0 aliphatic carbocycles. The van der Waals surface area contributed by atoms with Crippen molar-refractivity contribution in [3.63, 3.8) is 0 Å². The van der Waals surface area contributed by atoms with Crippen molar-refractivity contribution in [3.05, 3.63) is 69.8 Å². The fourth-order valence-corrected chi connectivity index (χ4v) is 3.47. The predicted octanol–water partition coefficient (Wildman–Crippen LogP) is 3.03. The van der Waals surface area contributed by atoms with Crippen molar-refractivity contribution >= 4 is 35.0 Å². The number of anilines is 4. The number of aromatic amines is 1. The Morgan fingerprint density at radius 2 is 1.97 bits per heavy atom. The SMILES string of the molecule is COc1ccccc1Nc1nc2c(c(=O)[nH]1)[C@@H](C(=O)Nc1ccc(C)cc1F)CC(=O)N2. The van der Waals surface area contributed by atoms with Gasteiger partial charge in [0.05, 0.1) is 30.0 Å². The molecule has 10 heteroatoms. The van der Waals surface area contributed by atoms with Gasteiger partial charge in [-0.2, -0.15) is 4.98 Å². The Morgan fingerprint density at radius 3 is 2.72 bits per heavy atom. The van der Waals surface area contributed by atoms with Gasteiger partial charge in [0.1, 0.15) is 17.4 Å². The standard InChI is InChI=1S/C22H20FN5O4/c1-11-7-8-14(13(23)9-11)24-20(30)12-10-17(29)26-19-18(12)21(31)28-22(27-19)25-15-5-3-4-6-16(15)32-2/h3-9,12H,10H2,1-2H3,(H,24,30)(H3,25,26,27,28,29,31)/t12-/m0/s1. The number of rotatable bonds is 5. The van der Waals surface area contributed by atoms with Gasteiger partial charge in [0, 0.05) is 6.42 Å². The molecule has 0 unspecified atom stereocenters. The zero-order chi connectivity index (χ0) is 22.8. The number of aryl methyl sites for hydroxylation is 1. The lowest BCUT2D eigenvalue weighted by atomic mass is 9.92. The predicted molar refractivity (Wildman–Crippen MR) is 117 cm³/mol.